The highest BCUT2D eigenvalue weighted by Gasteiger charge is 2.05. The fourth-order valence-electron chi connectivity index (χ4n) is 1.37. The number of nitrogens with one attached hydrogen (secondary N) is 1. The van der Waals surface area contributed by atoms with Crippen molar-refractivity contribution < 1.29 is 4.74 Å². The summed E-state index contributed by atoms with van der Waals surface area (Å²) in [6, 6.07) is 6.03. The van der Waals surface area contributed by atoms with E-state index in [-0.39, 0.29) is 6.04 Å². The number of hydrogen-bond donors (Lipinski definition) is 1. The van der Waals surface area contributed by atoms with Gasteiger partial charge >= 0.3 is 0 Å². The second-order valence-corrected chi connectivity index (χ2v) is 4.32. The number of hydrogen-bond acceptors (Lipinski definition) is 2. The van der Waals surface area contributed by atoms with Crippen LogP contribution in [0, 0.1) is 12.3 Å². The Hall–Kier alpha value is -0.980. The lowest BCUT2D eigenvalue weighted by Crippen LogP contribution is -2.26. The number of halogens is 1. The molecule has 3 heteroatoms. The standard InChI is InChI=1S/C13H16BrNO/c1-4-11(5-2)15-9-10-8-12(16-3)6-7-13(10)14/h1,6-8,11,15H,5,9H2,2-3H3. The van der Waals surface area contributed by atoms with Crippen molar-refractivity contribution in [3.05, 3.63) is 28.2 Å². The highest BCUT2D eigenvalue weighted by Crippen LogP contribution is 2.22. The zero-order valence-electron chi connectivity index (χ0n) is 9.59. The molecule has 16 heavy (non-hydrogen) atoms. The molecule has 1 aromatic rings. The minimum Gasteiger partial charge on any atom is -0.497 e. The lowest BCUT2D eigenvalue weighted by molar-refractivity contribution is 0.414. The van der Waals surface area contributed by atoms with Crippen molar-refractivity contribution in [2.45, 2.75) is 25.9 Å². The first-order valence-corrected chi connectivity index (χ1v) is 6.02. The van der Waals surface area contributed by atoms with Gasteiger partial charge in [-0.1, -0.05) is 28.8 Å². The maximum Gasteiger partial charge on any atom is 0.119 e. The van der Waals surface area contributed by atoms with E-state index in [9.17, 15) is 0 Å². The summed E-state index contributed by atoms with van der Waals surface area (Å²) < 4.78 is 6.24. The topological polar surface area (TPSA) is 21.3 Å². The van der Waals surface area contributed by atoms with E-state index in [0.29, 0.717) is 0 Å². The summed E-state index contributed by atoms with van der Waals surface area (Å²) in [6.45, 7) is 2.80. The smallest absolute Gasteiger partial charge is 0.119 e. The number of methoxy groups -OCH3 is 1. The van der Waals surface area contributed by atoms with Gasteiger partial charge in [0.1, 0.15) is 5.75 Å². The molecule has 0 fully saturated rings. The van der Waals surface area contributed by atoms with Crippen LogP contribution in [-0.4, -0.2) is 13.2 Å². The van der Waals surface area contributed by atoms with E-state index < -0.39 is 0 Å². The second kappa shape index (κ2) is 6.57. The zero-order valence-corrected chi connectivity index (χ0v) is 11.2. The Kier molecular flexibility index (Phi) is 5.37. The van der Waals surface area contributed by atoms with Crippen LogP contribution >= 0.6 is 15.9 Å². The van der Waals surface area contributed by atoms with Gasteiger partial charge in [0, 0.05) is 11.0 Å². The van der Waals surface area contributed by atoms with Crippen LogP contribution < -0.4 is 10.1 Å². The zero-order chi connectivity index (χ0) is 12.0. The largest absolute Gasteiger partial charge is 0.497 e. The Morgan fingerprint density at radius 3 is 2.88 bits per heavy atom. The van der Waals surface area contributed by atoms with Gasteiger partial charge in [0.15, 0.2) is 0 Å². The lowest BCUT2D eigenvalue weighted by atomic mass is 10.2. The highest BCUT2D eigenvalue weighted by atomic mass is 79.9. The van der Waals surface area contributed by atoms with Gasteiger partial charge in [-0.15, -0.1) is 6.42 Å². The first-order chi connectivity index (χ1) is 7.71. The van der Waals surface area contributed by atoms with Crippen molar-refractivity contribution in [1.82, 2.24) is 5.32 Å². The van der Waals surface area contributed by atoms with Crippen LogP contribution in [0.3, 0.4) is 0 Å². The Balaban J connectivity index is 2.69. The van der Waals surface area contributed by atoms with Gasteiger partial charge in [0.2, 0.25) is 0 Å². The minimum absolute atomic E-state index is 0.123. The predicted molar refractivity (Wildman–Crippen MR) is 70.4 cm³/mol. The Bertz CT molecular complexity index is 384. The van der Waals surface area contributed by atoms with E-state index in [1.54, 1.807) is 7.11 Å². The molecule has 1 atom stereocenters. The predicted octanol–water partition coefficient (Wildman–Crippen LogP) is 2.96. The maximum atomic E-state index is 5.39. The molecule has 0 aliphatic carbocycles. The average molecular weight is 282 g/mol. The molecule has 0 spiro atoms. The first kappa shape index (κ1) is 13.1. The van der Waals surface area contributed by atoms with Crippen LogP contribution in [0.25, 0.3) is 0 Å². The monoisotopic (exact) mass is 281 g/mol. The van der Waals surface area contributed by atoms with Crippen LogP contribution in [-0.2, 0) is 6.54 Å². The number of benzene rings is 1. The van der Waals surface area contributed by atoms with E-state index in [0.717, 1.165) is 28.8 Å². The number of ether oxygens (including phenoxy) is 1. The van der Waals surface area contributed by atoms with Gasteiger partial charge in [-0.05, 0) is 30.2 Å². The summed E-state index contributed by atoms with van der Waals surface area (Å²) in [5, 5.41) is 3.31. The van der Waals surface area contributed by atoms with Crippen molar-refractivity contribution >= 4 is 15.9 Å². The summed E-state index contributed by atoms with van der Waals surface area (Å²) in [7, 11) is 1.66. The molecule has 0 heterocycles. The summed E-state index contributed by atoms with van der Waals surface area (Å²) in [4.78, 5) is 0. The minimum atomic E-state index is 0.123. The molecule has 1 aromatic carbocycles. The van der Waals surface area contributed by atoms with Crippen LogP contribution in [0.5, 0.6) is 5.75 Å². The van der Waals surface area contributed by atoms with E-state index in [2.05, 4.69) is 34.1 Å². The molecule has 86 valence electrons. The van der Waals surface area contributed by atoms with Crippen molar-refractivity contribution in [3.63, 3.8) is 0 Å². The van der Waals surface area contributed by atoms with Gasteiger partial charge in [-0.2, -0.15) is 0 Å². The molecule has 0 amide bonds. The molecule has 0 radical (unpaired) electrons. The molecule has 0 aliphatic heterocycles. The first-order valence-electron chi connectivity index (χ1n) is 5.23. The molecule has 1 unspecified atom stereocenters. The number of terminal acetylenes is 1. The molecule has 0 bridgehead atoms. The molecule has 1 N–H and O–H groups in total. The van der Waals surface area contributed by atoms with Crippen LogP contribution in [0.15, 0.2) is 22.7 Å². The van der Waals surface area contributed by atoms with Crippen molar-refractivity contribution in [2.75, 3.05) is 7.11 Å². The summed E-state index contributed by atoms with van der Waals surface area (Å²) >= 11 is 3.51. The molecular weight excluding hydrogens is 266 g/mol. The van der Waals surface area contributed by atoms with Crippen molar-refractivity contribution in [2.24, 2.45) is 0 Å². The third-order valence-electron chi connectivity index (χ3n) is 2.40. The van der Waals surface area contributed by atoms with Crippen molar-refractivity contribution in [3.8, 4) is 18.1 Å². The normalized spacial score (nSPS) is 11.9. The van der Waals surface area contributed by atoms with Gasteiger partial charge < -0.3 is 4.74 Å². The molecule has 1 rings (SSSR count). The van der Waals surface area contributed by atoms with Gasteiger partial charge in [0.05, 0.1) is 13.2 Å². The quantitative estimate of drug-likeness (QED) is 0.838. The Morgan fingerprint density at radius 2 is 2.31 bits per heavy atom. The van der Waals surface area contributed by atoms with Crippen LogP contribution in [0.4, 0.5) is 0 Å². The summed E-state index contributed by atoms with van der Waals surface area (Å²) in [6.07, 6.45) is 6.32. The fourth-order valence-corrected chi connectivity index (χ4v) is 1.75. The van der Waals surface area contributed by atoms with Crippen LogP contribution in [0.1, 0.15) is 18.9 Å². The van der Waals surface area contributed by atoms with Gasteiger partial charge in [0.25, 0.3) is 0 Å². The Labute approximate surface area is 106 Å². The number of rotatable bonds is 5. The molecule has 0 saturated heterocycles. The highest BCUT2D eigenvalue weighted by molar-refractivity contribution is 9.10. The molecule has 0 saturated carbocycles. The van der Waals surface area contributed by atoms with Crippen LogP contribution in [0.2, 0.25) is 0 Å². The lowest BCUT2D eigenvalue weighted by Gasteiger charge is -2.12. The maximum absolute atomic E-state index is 5.39. The van der Waals surface area contributed by atoms with E-state index in [1.165, 1.54) is 0 Å². The third kappa shape index (κ3) is 3.55. The fraction of sp³-hybridized carbons (Fsp3) is 0.385. The third-order valence-corrected chi connectivity index (χ3v) is 3.17. The van der Waals surface area contributed by atoms with Gasteiger partial charge in [-0.3, -0.25) is 5.32 Å². The second-order valence-electron chi connectivity index (χ2n) is 3.47. The van der Waals surface area contributed by atoms with Gasteiger partial charge in [-0.25, -0.2) is 0 Å². The van der Waals surface area contributed by atoms with Crippen molar-refractivity contribution in [1.29, 1.82) is 0 Å². The molecule has 2 nitrogen and oxygen atoms in total. The SMILES string of the molecule is C#CC(CC)NCc1cc(OC)ccc1Br. The van der Waals surface area contributed by atoms with E-state index >= 15 is 0 Å². The molecule has 0 aromatic heterocycles. The molecular formula is C13H16BrNO. The molecule has 0 aliphatic rings. The summed E-state index contributed by atoms with van der Waals surface area (Å²) in [5.74, 6) is 3.57. The average Bonchev–Trinajstić information content (AvgIpc) is 2.32. The summed E-state index contributed by atoms with van der Waals surface area (Å²) in [5.41, 5.74) is 1.15. The Morgan fingerprint density at radius 1 is 1.56 bits per heavy atom. The van der Waals surface area contributed by atoms with E-state index in [4.69, 9.17) is 11.2 Å². The van der Waals surface area contributed by atoms with E-state index in [1.807, 2.05) is 18.2 Å².